The summed E-state index contributed by atoms with van der Waals surface area (Å²) in [5.74, 6) is -1.90. The Labute approximate surface area is 142 Å². The summed E-state index contributed by atoms with van der Waals surface area (Å²) in [5.41, 5.74) is -0.569. The van der Waals surface area contributed by atoms with Gasteiger partial charge in [0.05, 0.1) is 4.88 Å². The molecule has 0 aliphatic heterocycles. The van der Waals surface area contributed by atoms with Crippen molar-refractivity contribution in [3.63, 3.8) is 0 Å². The maximum absolute atomic E-state index is 13.0. The highest BCUT2D eigenvalue weighted by atomic mass is 32.1. The van der Waals surface area contributed by atoms with E-state index in [4.69, 9.17) is 0 Å². The molecule has 5 nitrogen and oxygen atoms in total. The summed E-state index contributed by atoms with van der Waals surface area (Å²) in [6.45, 7) is 0. The van der Waals surface area contributed by atoms with Gasteiger partial charge in [-0.1, -0.05) is 42.7 Å². The molecule has 24 heavy (non-hydrogen) atoms. The van der Waals surface area contributed by atoms with Crippen molar-refractivity contribution in [2.75, 3.05) is 5.32 Å². The lowest BCUT2D eigenvalue weighted by Gasteiger charge is -2.31. The number of hydrogen-bond acceptors (Lipinski definition) is 4. The Kier molecular flexibility index (Phi) is 4.62. The molecule has 0 unspecified atom stereocenters. The molecule has 1 aromatic carbocycles. The Balaban J connectivity index is 1.77. The van der Waals surface area contributed by atoms with Crippen LogP contribution in [0.3, 0.4) is 0 Å². The van der Waals surface area contributed by atoms with Crippen molar-refractivity contribution in [1.82, 2.24) is 4.98 Å². The first-order chi connectivity index (χ1) is 11.5. The number of aromatic nitrogens is 1. The van der Waals surface area contributed by atoms with Gasteiger partial charge in [-0.05, 0) is 30.5 Å². The highest BCUT2D eigenvalue weighted by Crippen LogP contribution is 2.38. The van der Waals surface area contributed by atoms with E-state index in [-0.39, 0.29) is 5.82 Å². The molecular formula is C17H17FN2O3S. The van der Waals surface area contributed by atoms with Crippen LogP contribution in [0.2, 0.25) is 0 Å². The normalized spacial score (nSPS) is 16.5. The standard InChI is InChI=1S/C17H17FN2O3S/c18-12-6-4-11(5-7-12)13-10-19-16(24-13)20-14(21)17(15(22)23)8-2-1-3-9-17/h4-7,10H,1-3,8-9H2,(H,22,23)(H,19,20,21). The van der Waals surface area contributed by atoms with Crippen LogP contribution in [0.25, 0.3) is 10.4 Å². The second-order valence-corrected chi connectivity index (χ2v) is 6.97. The van der Waals surface area contributed by atoms with Crippen LogP contribution in [0.4, 0.5) is 9.52 Å². The van der Waals surface area contributed by atoms with E-state index < -0.39 is 17.3 Å². The molecular weight excluding hydrogens is 331 g/mol. The number of nitrogens with zero attached hydrogens (tertiary/aromatic N) is 1. The molecule has 2 N–H and O–H groups in total. The first-order valence-corrected chi connectivity index (χ1v) is 8.59. The summed E-state index contributed by atoms with van der Waals surface area (Å²) in [7, 11) is 0. The van der Waals surface area contributed by atoms with Gasteiger partial charge in [-0.2, -0.15) is 0 Å². The molecule has 0 atom stereocenters. The number of amides is 1. The van der Waals surface area contributed by atoms with E-state index in [1.54, 1.807) is 18.3 Å². The number of anilines is 1. The molecule has 1 aliphatic rings. The zero-order chi connectivity index (χ0) is 17.2. The van der Waals surface area contributed by atoms with E-state index in [9.17, 15) is 19.1 Å². The second-order valence-electron chi connectivity index (χ2n) is 5.94. The van der Waals surface area contributed by atoms with Gasteiger partial charge >= 0.3 is 5.97 Å². The third-order valence-electron chi connectivity index (χ3n) is 4.41. The van der Waals surface area contributed by atoms with Gasteiger partial charge in [-0.25, -0.2) is 9.37 Å². The number of halogens is 1. The topological polar surface area (TPSA) is 79.3 Å². The fourth-order valence-corrected chi connectivity index (χ4v) is 3.81. The third kappa shape index (κ3) is 3.17. The minimum atomic E-state index is -1.36. The second kappa shape index (κ2) is 6.68. The molecule has 1 saturated carbocycles. The Morgan fingerprint density at radius 1 is 1.17 bits per heavy atom. The monoisotopic (exact) mass is 348 g/mol. The van der Waals surface area contributed by atoms with Crippen molar-refractivity contribution < 1.29 is 19.1 Å². The summed E-state index contributed by atoms with van der Waals surface area (Å²) < 4.78 is 13.0. The van der Waals surface area contributed by atoms with Crippen molar-refractivity contribution in [1.29, 1.82) is 0 Å². The molecule has 1 heterocycles. The minimum Gasteiger partial charge on any atom is -0.480 e. The van der Waals surface area contributed by atoms with Crippen LogP contribution in [0, 0.1) is 11.2 Å². The average molecular weight is 348 g/mol. The van der Waals surface area contributed by atoms with Gasteiger partial charge in [0.15, 0.2) is 5.13 Å². The Morgan fingerprint density at radius 3 is 2.46 bits per heavy atom. The van der Waals surface area contributed by atoms with E-state index in [2.05, 4.69) is 10.3 Å². The van der Waals surface area contributed by atoms with Gasteiger partial charge in [-0.15, -0.1) is 0 Å². The predicted octanol–water partition coefficient (Wildman–Crippen LogP) is 3.92. The summed E-state index contributed by atoms with van der Waals surface area (Å²) in [4.78, 5) is 29.1. The van der Waals surface area contributed by atoms with Gasteiger partial charge in [0.2, 0.25) is 5.91 Å². The number of thiazole rings is 1. The Morgan fingerprint density at radius 2 is 1.83 bits per heavy atom. The highest BCUT2D eigenvalue weighted by Gasteiger charge is 2.46. The molecule has 1 aromatic heterocycles. The number of carbonyl (C=O) groups excluding carboxylic acids is 1. The lowest BCUT2D eigenvalue weighted by atomic mass is 9.73. The van der Waals surface area contributed by atoms with Crippen LogP contribution in [-0.2, 0) is 9.59 Å². The predicted molar refractivity (Wildman–Crippen MR) is 89.3 cm³/mol. The molecule has 0 spiro atoms. The summed E-state index contributed by atoms with van der Waals surface area (Å²) >= 11 is 1.24. The van der Waals surface area contributed by atoms with Crippen LogP contribution in [-0.4, -0.2) is 22.0 Å². The summed E-state index contributed by atoms with van der Waals surface area (Å²) in [6.07, 6.45) is 4.71. The van der Waals surface area contributed by atoms with Gasteiger partial charge in [0, 0.05) is 6.20 Å². The zero-order valence-corrected chi connectivity index (χ0v) is 13.7. The van der Waals surface area contributed by atoms with Gasteiger partial charge in [0.1, 0.15) is 11.2 Å². The largest absolute Gasteiger partial charge is 0.480 e. The van der Waals surface area contributed by atoms with E-state index in [1.807, 2.05) is 0 Å². The number of carbonyl (C=O) groups is 2. The van der Waals surface area contributed by atoms with Gasteiger partial charge in [-0.3, -0.25) is 9.59 Å². The van der Waals surface area contributed by atoms with Crippen LogP contribution < -0.4 is 5.32 Å². The molecule has 3 rings (SSSR count). The van der Waals surface area contributed by atoms with E-state index in [0.717, 1.165) is 29.7 Å². The number of benzene rings is 1. The number of carboxylic acid groups (broad SMARTS) is 1. The van der Waals surface area contributed by atoms with Crippen molar-refractivity contribution >= 4 is 28.3 Å². The molecule has 1 amide bonds. The summed E-state index contributed by atoms with van der Waals surface area (Å²) in [5, 5.41) is 12.5. The van der Waals surface area contributed by atoms with E-state index in [0.29, 0.717) is 18.0 Å². The van der Waals surface area contributed by atoms with Crippen molar-refractivity contribution in [3.8, 4) is 10.4 Å². The van der Waals surface area contributed by atoms with E-state index >= 15 is 0 Å². The van der Waals surface area contributed by atoms with Crippen molar-refractivity contribution in [2.24, 2.45) is 5.41 Å². The summed E-state index contributed by atoms with van der Waals surface area (Å²) in [6, 6.07) is 5.98. The number of aliphatic carboxylic acids is 1. The van der Waals surface area contributed by atoms with Crippen LogP contribution in [0.15, 0.2) is 30.5 Å². The molecule has 0 bridgehead atoms. The Hall–Kier alpha value is -2.28. The molecule has 1 aliphatic carbocycles. The number of hydrogen-bond donors (Lipinski definition) is 2. The maximum Gasteiger partial charge on any atom is 0.319 e. The van der Waals surface area contributed by atoms with Crippen LogP contribution in [0.1, 0.15) is 32.1 Å². The molecule has 7 heteroatoms. The zero-order valence-electron chi connectivity index (χ0n) is 12.9. The van der Waals surface area contributed by atoms with Gasteiger partial charge < -0.3 is 10.4 Å². The minimum absolute atomic E-state index is 0.322. The lowest BCUT2D eigenvalue weighted by molar-refractivity contribution is -0.156. The quantitative estimate of drug-likeness (QED) is 0.821. The van der Waals surface area contributed by atoms with Crippen LogP contribution in [0.5, 0.6) is 0 Å². The molecule has 0 saturated heterocycles. The SMILES string of the molecule is O=C(O)C1(C(=O)Nc2ncc(-c3ccc(F)cc3)s2)CCCCC1. The first-order valence-electron chi connectivity index (χ1n) is 7.78. The number of nitrogens with one attached hydrogen (secondary N) is 1. The Bertz CT molecular complexity index is 751. The number of carboxylic acids is 1. The first kappa shape index (κ1) is 16.6. The third-order valence-corrected chi connectivity index (χ3v) is 5.37. The molecule has 2 aromatic rings. The maximum atomic E-state index is 13.0. The lowest BCUT2D eigenvalue weighted by Crippen LogP contribution is -2.44. The van der Waals surface area contributed by atoms with Gasteiger partial charge in [0.25, 0.3) is 0 Å². The average Bonchev–Trinajstić information content (AvgIpc) is 3.04. The molecule has 1 fully saturated rings. The smallest absolute Gasteiger partial charge is 0.319 e. The van der Waals surface area contributed by atoms with Crippen molar-refractivity contribution in [2.45, 2.75) is 32.1 Å². The highest BCUT2D eigenvalue weighted by molar-refractivity contribution is 7.19. The van der Waals surface area contributed by atoms with Crippen LogP contribution >= 0.6 is 11.3 Å². The fraction of sp³-hybridized carbons (Fsp3) is 0.353. The van der Waals surface area contributed by atoms with Crippen molar-refractivity contribution in [3.05, 3.63) is 36.3 Å². The fourth-order valence-electron chi connectivity index (χ4n) is 2.99. The molecule has 126 valence electrons. The van der Waals surface area contributed by atoms with E-state index in [1.165, 1.54) is 23.5 Å². The molecule has 0 radical (unpaired) electrons. The number of rotatable bonds is 4.